The second kappa shape index (κ2) is 6.55. The van der Waals surface area contributed by atoms with Crippen LogP contribution in [0.4, 0.5) is 5.69 Å². The van der Waals surface area contributed by atoms with Gasteiger partial charge >= 0.3 is 0 Å². The Morgan fingerprint density at radius 2 is 2.00 bits per heavy atom. The van der Waals surface area contributed by atoms with Gasteiger partial charge in [0.1, 0.15) is 4.90 Å². The minimum absolute atomic E-state index is 0.146. The smallest absolute Gasteiger partial charge is 0.242 e. The summed E-state index contributed by atoms with van der Waals surface area (Å²) in [5, 5.41) is 4.17. The zero-order valence-electron chi connectivity index (χ0n) is 12.3. The van der Waals surface area contributed by atoms with E-state index >= 15 is 0 Å². The van der Waals surface area contributed by atoms with Crippen molar-refractivity contribution in [1.29, 1.82) is 0 Å². The molecule has 0 radical (unpaired) electrons. The molecule has 0 saturated carbocycles. The number of sulfonamides is 1. The van der Waals surface area contributed by atoms with Crippen LogP contribution in [0.5, 0.6) is 0 Å². The average molecular weight is 325 g/mol. The van der Waals surface area contributed by atoms with Crippen molar-refractivity contribution in [2.24, 2.45) is 0 Å². The summed E-state index contributed by atoms with van der Waals surface area (Å²) >= 11 is 1.59. The van der Waals surface area contributed by atoms with Crippen LogP contribution in [0.1, 0.15) is 23.7 Å². The summed E-state index contributed by atoms with van der Waals surface area (Å²) < 4.78 is 27.2. The van der Waals surface area contributed by atoms with Gasteiger partial charge in [-0.25, -0.2) is 18.1 Å². The molecule has 0 spiro atoms. The van der Waals surface area contributed by atoms with Gasteiger partial charge in [-0.3, -0.25) is 0 Å². The van der Waals surface area contributed by atoms with Gasteiger partial charge in [-0.1, -0.05) is 12.1 Å². The Morgan fingerprint density at radius 3 is 2.62 bits per heavy atom. The highest BCUT2D eigenvalue weighted by Gasteiger charge is 2.19. The number of para-hydroxylation sites is 1. The fourth-order valence-electron chi connectivity index (χ4n) is 1.89. The van der Waals surface area contributed by atoms with Crippen LogP contribution in [0.2, 0.25) is 0 Å². The van der Waals surface area contributed by atoms with Crippen LogP contribution >= 0.6 is 11.3 Å². The van der Waals surface area contributed by atoms with E-state index in [4.69, 9.17) is 0 Å². The van der Waals surface area contributed by atoms with Gasteiger partial charge in [0.05, 0.1) is 17.2 Å². The van der Waals surface area contributed by atoms with Crippen molar-refractivity contribution in [2.75, 3.05) is 5.32 Å². The van der Waals surface area contributed by atoms with E-state index < -0.39 is 10.0 Å². The summed E-state index contributed by atoms with van der Waals surface area (Å²) in [6.07, 6.45) is 1.80. The first kappa shape index (κ1) is 15.9. The Hall–Kier alpha value is -1.44. The first-order chi connectivity index (χ1) is 9.88. The third kappa shape index (κ3) is 4.26. The number of aromatic nitrogens is 1. The van der Waals surface area contributed by atoms with Crippen LogP contribution in [-0.2, 0) is 16.6 Å². The van der Waals surface area contributed by atoms with Crippen LogP contribution in [0.25, 0.3) is 0 Å². The van der Waals surface area contributed by atoms with Gasteiger partial charge in [-0.15, -0.1) is 11.3 Å². The summed E-state index contributed by atoms with van der Waals surface area (Å²) in [7, 11) is -3.51. The van der Waals surface area contributed by atoms with Gasteiger partial charge in [0.25, 0.3) is 0 Å². The van der Waals surface area contributed by atoms with E-state index in [-0.39, 0.29) is 10.9 Å². The molecule has 21 heavy (non-hydrogen) atoms. The van der Waals surface area contributed by atoms with Crippen LogP contribution in [0, 0.1) is 6.92 Å². The summed E-state index contributed by atoms with van der Waals surface area (Å²) in [6, 6.07) is 6.76. The molecule has 0 aliphatic heterocycles. The highest BCUT2D eigenvalue weighted by Crippen LogP contribution is 2.22. The third-order valence-electron chi connectivity index (χ3n) is 2.69. The van der Waals surface area contributed by atoms with Crippen LogP contribution in [-0.4, -0.2) is 19.4 Å². The average Bonchev–Trinajstić information content (AvgIpc) is 2.81. The van der Waals surface area contributed by atoms with E-state index in [1.807, 2.05) is 13.0 Å². The second-order valence-corrected chi connectivity index (χ2v) is 7.97. The number of hydrogen-bond donors (Lipinski definition) is 2. The summed E-state index contributed by atoms with van der Waals surface area (Å²) in [6.45, 7) is 6.10. The second-order valence-electron chi connectivity index (χ2n) is 4.97. The van der Waals surface area contributed by atoms with Gasteiger partial charge in [0.2, 0.25) is 10.0 Å². The summed E-state index contributed by atoms with van der Waals surface area (Å²) in [5.41, 5.74) is 0.594. The van der Waals surface area contributed by atoms with E-state index in [2.05, 4.69) is 15.0 Å². The molecule has 5 nitrogen and oxygen atoms in total. The molecule has 0 aliphatic carbocycles. The van der Waals surface area contributed by atoms with Crippen molar-refractivity contribution < 1.29 is 8.42 Å². The standard InChI is InChI=1S/C14H19N3O2S2/c1-10(2)17-21(18,19)14-7-5-4-6-13(14)16-9-12-8-15-11(3)20-12/h4-8,10,16-17H,9H2,1-3H3. The van der Waals surface area contributed by atoms with Gasteiger partial charge in [-0.05, 0) is 32.9 Å². The Labute approximate surface area is 129 Å². The van der Waals surface area contributed by atoms with Crippen LogP contribution in [0.15, 0.2) is 35.4 Å². The van der Waals surface area contributed by atoms with Crippen molar-refractivity contribution in [3.8, 4) is 0 Å². The van der Waals surface area contributed by atoms with Gasteiger partial charge in [0.15, 0.2) is 0 Å². The van der Waals surface area contributed by atoms with Crippen molar-refractivity contribution in [1.82, 2.24) is 9.71 Å². The van der Waals surface area contributed by atoms with Gasteiger partial charge < -0.3 is 5.32 Å². The van der Waals surface area contributed by atoms with E-state index in [0.717, 1.165) is 9.88 Å². The monoisotopic (exact) mass is 325 g/mol. The maximum absolute atomic E-state index is 12.3. The Kier molecular flexibility index (Phi) is 4.97. The number of thiazole rings is 1. The van der Waals surface area contributed by atoms with E-state index in [0.29, 0.717) is 12.2 Å². The molecule has 2 N–H and O–H groups in total. The Balaban J connectivity index is 2.21. The molecule has 0 saturated heterocycles. The van der Waals surface area contributed by atoms with Crippen molar-refractivity contribution in [2.45, 2.75) is 38.3 Å². The lowest BCUT2D eigenvalue weighted by Crippen LogP contribution is -2.30. The first-order valence-corrected chi connectivity index (χ1v) is 8.95. The van der Waals surface area contributed by atoms with Gasteiger partial charge in [0, 0.05) is 17.1 Å². The molecule has 1 heterocycles. The highest BCUT2D eigenvalue weighted by atomic mass is 32.2. The minimum Gasteiger partial charge on any atom is -0.379 e. The fourth-order valence-corrected chi connectivity index (χ4v) is 4.06. The molecule has 114 valence electrons. The fraction of sp³-hybridized carbons (Fsp3) is 0.357. The van der Waals surface area contributed by atoms with Crippen molar-refractivity contribution in [3.63, 3.8) is 0 Å². The lowest BCUT2D eigenvalue weighted by atomic mass is 10.3. The van der Waals surface area contributed by atoms with E-state index in [9.17, 15) is 8.42 Å². The van der Waals surface area contributed by atoms with Crippen molar-refractivity contribution >= 4 is 27.0 Å². The van der Waals surface area contributed by atoms with Crippen LogP contribution in [0.3, 0.4) is 0 Å². The predicted octanol–water partition coefficient (Wildman–Crippen LogP) is 2.75. The van der Waals surface area contributed by atoms with E-state index in [1.165, 1.54) is 0 Å². The SMILES string of the molecule is Cc1ncc(CNc2ccccc2S(=O)(=O)NC(C)C)s1. The molecule has 0 bridgehead atoms. The number of benzene rings is 1. The molecular weight excluding hydrogens is 306 g/mol. The molecule has 0 amide bonds. The zero-order chi connectivity index (χ0) is 15.5. The molecule has 2 aromatic rings. The van der Waals surface area contributed by atoms with Crippen LogP contribution < -0.4 is 10.0 Å². The number of rotatable bonds is 6. The highest BCUT2D eigenvalue weighted by molar-refractivity contribution is 7.89. The number of nitrogens with one attached hydrogen (secondary N) is 2. The first-order valence-electron chi connectivity index (χ1n) is 6.65. The normalized spacial score (nSPS) is 11.8. The molecule has 7 heteroatoms. The molecule has 0 fully saturated rings. The quantitative estimate of drug-likeness (QED) is 0.857. The van der Waals surface area contributed by atoms with Gasteiger partial charge in [-0.2, -0.15) is 0 Å². The zero-order valence-corrected chi connectivity index (χ0v) is 13.9. The minimum atomic E-state index is -3.51. The maximum atomic E-state index is 12.3. The molecular formula is C14H19N3O2S2. The lowest BCUT2D eigenvalue weighted by Gasteiger charge is -2.14. The number of anilines is 1. The Bertz CT molecular complexity index is 709. The Morgan fingerprint density at radius 1 is 1.29 bits per heavy atom. The topological polar surface area (TPSA) is 71.1 Å². The number of aryl methyl sites for hydroxylation is 1. The molecule has 0 unspecified atom stereocenters. The molecule has 0 aliphatic rings. The van der Waals surface area contributed by atoms with E-state index in [1.54, 1.807) is 49.6 Å². The largest absolute Gasteiger partial charge is 0.379 e. The van der Waals surface area contributed by atoms with Crippen molar-refractivity contribution in [3.05, 3.63) is 40.3 Å². The number of hydrogen-bond acceptors (Lipinski definition) is 5. The lowest BCUT2D eigenvalue weighted by molar-refractivity contribution is 0.570. The summed E-state index contributed by atoms with van der Waals surface area (Å²) in [5.74, 6) is 0. The summed E-state index contributed by atoms with van der Waals surface area (Å²) in [4.78, 5) is 5.52. The molecule has 1 aromatic carbocycles. The molecule has 2 rings (SSSR count). The predicted molar refractivity (Wildman–Crippen MR) is 86.1 cm³/mol. The third-order valence-corrected chi connectivity index (χ3v) is 5.32. The molecule has 0 atom stereocenters. The molecule has 1 aromatic heterocycles. The maximum Gasteiger partial charge on any atom is 0.242 e. The number of nitrogens with zero attached hydrogens (tertiary/aromatic N) is 1.